The Morgan fingerprint density at radius 3 is 2.47 bits per heavy atom. The highest BCUT2D eigenvalue weighted by Gasteiger charge is 2.25. The molecule has 38 heavy (non-hydrogen) atoms. The van der Waals surface area contributed by atoms with Crippen LogP contribution in [0.4, 0.5) is 20.2 Å². The van der Waals surface area contributed by atoms with E-state index in [9.17, 15) is 8.42 Å². The Morgan fingerprint density at radius 2 is 1.79 bits per heavy atom. The van der Waals surface area contributed by atoms with E-state index in [0.29, 0.717) is 23.9 Å². The zero-order valence-electron chi connectivity index (χ0n) is 21.3. The second-order valence-corrected chi connectivity index (χ2v) is 11.1. The molecule has 2 aromatic carbocycles. The van der Waals surface area contributed by atoms with E-state index in [2.05, 4.69) is 31.8 Å². The minimum Gasteiger partial charge on any atom is -0.369 e. The van der Waals surface area contributed by atoms with Crippen molar-refractivity contribution < 1.29 is 17.2 Å². The highest BCUT2D eigenvalue weighted by molar-refractivity contribution is 7.92. The first kappa shape index (κ1) is 26.1. The van der Waals surface area contributed by atoms with Crippen molar-refractivity contribution in [1.29, 1.82) is 0 Å². The van der Waals surface area contributed by atoms with Crippen molar-refractivity contribution >= 4 is 32.3 Å². The molecule has 0 unspecified atom stereocenters. The van der Waals surface area contributed by atoms with Gasteiger partial charge in [-0.25, -0.2) is 27.2 Å². The fraction of sp³-hybridized carbons (Fsp3) is 0.333. The number of hydrogen-bond donors (Lipinski definition) is 2. The lowest BCUT2D eigenvalue weighted by Crippen LogP contribution is -2.43. The van der Waals surface area contributed by atoms with E-state index in [1.165, 1.54) is 10.9 Å². The van der Waals surface area contributed by atoms with Crippen molar-refractivity contribution in [2.75, 3.05) is 41.6 Å². The topological polar surface area (TPSA) is 92.1 Å². The highest BCUT2D eigenvalue weighted by Crippen LogP contribution is 2.40. The van der Waals surface area contributed by atoms with Gasteiger partial charge >= 0.3 is 0 Å². The number of aromatic nitrogens is 3. The lowest BCUT2D eigenvalue weighted by molar-refractivity contribution is 0.572. The normalized spacial score (nSPS) is 14.3. The molecule has 0 amide bonds. The van der Waals surface area contributed by atoms with Gasteiger partial charge in [0.2, 0.25) is 10.0 Å². The first-order chi connectivity index (χ1) is 18.3. The van der Waals surface area contributed by atoms with E-state index in [4.69, 9.17) is 0 Å². The van der Waals surface area contributed by atoms with Crippen LogP contribution in [-0.4, -0.2) is 54.9 Å². The Hall–Kier alpha value is -3.57. The van der Waals surface area contributed by atoms with Crippen molar-refractivity contribution in [2.24, 2.45) is 0 Å². The Labute approximate surface area is 220 Å². The van der Waals surface area contributed by atoms with Gasteiger partial charge < -0.3 is 14.8 Å². The molecule has 0 saturated carbocycles. The fourth-order valence-electron chi connectivity index (χ4n) is 5.12. The standard InChI is InChI=1S/C27H30F2N6O2S/c1-3-13-38(36,37)33-22-6-5-21(28)27(26(22)29)35-16-20(18-14-31-17-32-15-18)25-19(4-2)23(7-8-24(25)35)34-11-9-30-10-12-34/h5-8,14-17,30,33H,3-4,9-13H2,1-2H3. The average Bonchev–Trinajstić information content (AvgIpc) is 3.30. The number of benzene rings is 2. The zero-order valence-corrected chi connectivity index (χ0v) is 22.2. The molecule has 1 fully saturated rings. The van der Waals surface area contributed by atoms with Crippen LogP contribution in [0.2, 0.25) is 0 Å². The van der Waals surface area contributed by atoms with Crippen LogP contribution >= 0.6 is 0 Å². The van der Waals surface area contributed by atoms with Crippen LogP contribution in [0.15, 0.2) is 49.2 Å². The maximum absolute atomic E-state index is 15.9. The van der Waals surface area contributed by atoms with Gasteiger partial charge in [-0.3, -0.25) is 4.72 Å². The number of anilines is 2. The summed E-state index contributed by atoms with van der Waals surface area (Å²) < 4.78 is 59.6. The average molecular weight is 541 g/mol. The number of rotatable bonds is 8. The molecule has 0 spiro atoms. The highest BCUT2D eigenvalue weighted by atomic mass is 32.2. The number of fused-ring (bicyclic) bond motifs is 1. The number of aryl methyl sites for hydroxylation is 1. The lowest BCUT2D eigenvalue weighted by atomic mass is 9.98. The summed E-state index contributed by atoms with van der Waals surface area (Å²) in [5.74, 6) is -1.96. The number of nitrogens with one attached hydrogen (secondary N) is 2. The van der Waals surface area contributed by atoms with E-state index < -0.39 is 21.7 Å². The van der Waals surface area contributed by atoms with Gasteiger partial charge in [0.25, 0.3) is 0 Å². The molecule has 8 nitrogen and oxygen atoms in total. The van der Waals surface area contributed by atoms with E-state index in [-0.39, 0.29) is 17.1 Å². The zero-order chi connectivity index (χ0) is 26.9. The molecule has 0 bridgehead atoms. The summed E-state index contributed by atoms with van der Waals surface area (Å²) in [6.45, 7) is 7.23. The third kappa shape index (κ3) is 4.83. The lowest BCUT2D eigenvalue weighted by Gasteiger charge is -2.31. The molecule has 1 aliphatic rings. The molecule has 3 heterocycles. The van der Waals surface area contributed by atoms with Gasteiger partial charge in [-0.2, -0.15) is 0 Å². The molecular formula is C27H30F2N6O2S. The summed E-state index contributed by atoms with van der Waals surface area (Å²) in [7, 11) is -3.78. The van der Waals surface area contributed by atoms with Crippen LogP contribution in [0.25, 0.3) is 27.7 Å². The second kappa shape index (κ2) is 10.7. The van der Waals surface area contributed by atoms with Crippen LogP contribution in [0, 0.1) is 11.6 Å². The third-order valence-corrected chi connectivity index (χ3v) is 8.26. The summed E-state index contributed by atoms with van der Waals surface area (Å²) >= 11 is 0. The Morgan fingerprint density at radius 1 is 1.05 bits per heavy atom. The Kier molecular flexibility index (Phi) is 7.31. The summed E-state index contributed by atoms with van der Waals surface area (Å²) in [6, 6.07) is 6.05. The predicted molar refractivity (Wildman–Crippen MR) is 146 cm³/mol. The van der Waals surface area contributed by atoms with Crippen LogP contribution < -0.4 is 14.9 Å². The summed E-state index contributed by atoms with van der Waals surface area (Å²) in [5.41, 5.74) is 3.54. The molecule has 200 valence electrons. The summed E-state index contributed by atoms with van der Waals surface area (Å²) in [6.07, 6.45) is 7.51. The third-order valence-electron chi connectivity index (χ3n) is 6.78. The first-order valence-electron chi connectivity index (χ1n) is 12.7. The van der Waals surface area contributed by atoms with Crippen LogP contribution in [0.5, 0.6) is 0 Å². The maximum atomic E-state index is 15.9. The van der Waals surface area contributed by atoms with E-state index >= 15 is 8.78 Å². The van der Waals surface area contributed by atoms with Gasteiger partial charge in [0.05, 0.1) is 17.0 Å². The minimum absolute atomic E-state index is 0.168. The molecule has 0 atom stereocenters. The number of nitrogens with zero attached hydrogens (tertiary/aromatic N) is 4. The first-order valence-corrected chi connectivity index (χ1v) is 14.4. The molecule has 1 saturated heterocycles. The van der Waals surface area contributed by atoms with Crippen molar-refractivity contribution in [1.82, 2.24) is 19.9 Å². The van der Waals surface area contributed by atoms with Gasteiger partial charge in [-0.05, 0) is 42.7 Å². The van der Waals surface area contributed by atoms with Crippen LogP contribution in [-0.2, 0) is 16.4 Å². The van der Waals surface area contributed by atoms with Crippen molar-refractivity contribution in [2.45, 2.75) is 26.7 Å². The molecule has 2 N–H and O–H groups in total. The number of sulfonamides is 1. The quantitative estimate of drug-likeness (QED) is 0.342. The van der Waals surface area contributed by atoms with E-state index in [0.717, 1.165) is 60.5 Å². The van der Waals surface area contributed by atoms with Gasteiger partial charge in [0.15, 0.2) is 5.82 Å². The SMILES string of the molecule is CCCS(=O)(=O)Nc1ccc(F)c(-n2cc(-c3cncnc3)c3c(CC)c(N4CCNCC4)ccc32)c1F. The number of piperazine rings is 1. The van der Waals surface area contributed by atoms with Gasteiger partial charge in [-0.1, -0.05) is 13.8 Å². The summed E-state index contributed by atoms with van der Waals surface area (Å²) in [4.78, 5) is 10.6. The van der Waals surface area contributed by atoms with E-state index in [1.807, 2.05) is 12.1 Å². The molecule has 0 aliphatic carbocycles. The molecule has 4 aromatic rings. The maximum Gasteiger partial charge on any atom is 0.232 e. The summed E-state index contributed by atoms with van der Waals surface area (Å²) in [5, 5.41) is 4.22. The van der Waals surface area contributed by atoms with E-state index in [1.54, 1.807) is 25.5 Å². The van der Waals surface area contributed by atoms with Crippen LogP contribution in [0.1, 0.15) is 25.8 Å². The molecule has 2 aromatic heterocycles. The van der Waals surface area contributed by atoms with Crippen molar-refractivity contribution in [3.8, 4) is 16.8 Å². The van der Waals surface area contributed by atoms with Crippen LogP contribution in [0.3, 0.4) is 0 Å². The predicted octanol–water partition coefficient (Wildman–Crippen LogP) is 4.49. The molecule has 0 radical (unpaired) electrons. The monoisotopic (exact) mass is 540 g/mol. The molecule has 5 rings (SSSR count). The molecule has 1 aliphatic heterocycles. The van der Waals surface area contributed by atoms with Gasteiger partial charge in [0, 0.05) is 67.0 Å². The number of halogens is 2. The van der Waals surface area contributed by atoms with Crippen molar-refractivity contribution in [3.05, 3.63) is 66.4 Å². The minimum atomic E-state index is -3.78. The fourth-order valence-corrected chi connectivity index (χ4v) is 6.25. The second-order valence-electron chi connectivity index (χ2n) is 9.27. The Bertz CT molecular complexity index is 1570. The van der Waals surface area contributed by atoms with Gasteiger partial charge in [0.1, 0.15) is 17.8 Å². The number of hydrogen-bond acceptors (Lipinski definition) is 6. The van der Waals surface area contributed by atoms with Crippen molar-refractivity contribution in [3.63, 3.8) is 0 Å². The smallest absolute Gasteiger partial charge is 0.232 e. The molecular weight excluding hydrogens is 510 g/mol. The van der Waals surface area contributed by atoms with Gasteiger partial charge in [-0.15, -0.1) is 0 Å². The molecule has 11 heteroatoms. The largest absolute Gasteiger partial charge is 0.369 e. The Balaban J connectivity index is 1.76.